The van der Waals surface area contributed by atoms with Gasteiger partial charge in [0.1, 0.15) is 0 Å². The molecule has 2 rings (SSSR count). The van der Waals surface area contributed by atoms with Gasteiger partial charge in [0, 0.05) is 17.8 Å². The molecular formula is C15H16N2O. The number of carbonyl (C=O) groups is 1. The average molecular weight is 240 g/mol. The van der Waals surface area contributed by atoms with Gasteiger partial charge in [0.05, 0.1) is 0 Å². The summed E-state index contributed by atoms with van der Waals surface area (Å²) in [6.45, 7) is 2.79. The first kappa shape index (κ1) is 12.2. The summed E-state index contributed by atoms with van der Waals surface area (Å²) in [5.41, 5.74) is 9.16. The van der Waals surface area contributed by atoms with Crippen molar-refractivity contribution in [2.45, 2.75) is 13.5 Å². The van der Waals surface area contributed by atoms with Gasteiger partial charge in [-0.1, -0.05) is 29.8 Å². The molecule has 1 amide bonds. The van der Waals surface area contributed by atoms with Crippen LogP contribution in [0.25, 0.3) is 0 Å². The van der Waals surface area contributed by atoms with Gasteiger partial charge in [0.25, 0.3) is 0 Å². The van der Waals surface area contributed by atoms with Gasteiger partial charge < -0.3 is 11.1 Å². The molecule has 0 saturated heterocycles. The Morgan fingerprint density at radius 2 is 1.67 bits per heavy atom. The van der Waals surface area contributed by atoms with Crippen molar-refractivity contribution >= 4 is 11.6 Å². The van der Waals surface area contributed by atoms with Crippen molar-refractivity contribution in [2.24, 2.45) is 5.73 Å². The standard InChI is InChI=1S/C15H16N2O/c1-11-2-8-14(9-3-11)17-10-12-4-6-13(7-5-12)15(16)18/h2-9,17H,10H2,1H3,(H2,16,18). The topological polar surface area (TPSA) is 55.1 Å². The summed E-state index contributed by atoms with van der Waals surface area (Å²) in [5.74, 6) is -0.395. The van der Waals surface area contributed by atoms with E-state index < -0.39 is 5.91 Å². The number of carbonyl (C=O) groups excluding carboxylic acids is 1. The second-order valence-corrected chi connectivity index (χ2v) is 4.28. The Hall–Kier alpha value is -2.29. The van der Waals surface area contributed by atoms with E-state index in [1.807, 2.05) is 24.3 Å². The molecule has 92 valence electrons. The van der Waals surface area contributed by atoms with Crippen molar-refractivity contribution < 1.29 is 4.79 Å². The third kappa shape index (κ3) is 3.10. The molecule has 3 N–H and O–H groups in total. The molecule has 18 heavy (non-hydrogen) atoms. The van der Waals surface area contributed by atoms with Crippen molar-refractivity contribution in [3.8, 4) is 0 Å². The molecule has 0 unspecified atom stereocenters. The number of hydrogen-bond acceptors (Lipinski definition) is 2. The molecule has 0 aromatic heterocycles. The molecule has 0 bridgehead atoms. The summed E-state index contributed by atoms with van der Waals surface area (Å²) >= 11 is 0. The van der Waals surface area contributed by atoms with Crippen LogP contribution in [-0.4, -0.2) is 5.91 Å². The molecule has 0 saturated carbocycles. The van der Waals surface area contributed by atoms with Gasteiger partial charge in [-0.3, -0.25) is 4.79 Å². The number of amides is 1. The van der Waals surface area contributed by atoms with Crippen LogP contribution in [0.3, 0.4) is 0 Å². The van der Waals surface area contributed by atoms with Crippen LogP contribution in [0, 0.1) is 6.92 Å². The SMILES string of the molecule is Cc1ccc(NCc2ccc(C(N)=O)cc2)cc1. The second-order valence-electron chi connectivity index (χ2n) is 4.28. The van der Waals surface area contributed by atoms with Crippen molar-refractivity contribution in [2.75, 3.05) is 5.32 Å². The second kappa shape index (κ2) is 5.36. The minimum atomic E-state index is -0.395. The van der Waals surface area contributed by atoms with E-state index in [4.69, 9.17) is 5.73 Å². The lowest BCUT2D eigenvalue weighted by molar-refractivity contribution is 0.100. The molecule has 0 aliphatic heterocycles. The van der Waals surface area contributed by atoms with E-state index in [2.05, 4.69) is 24.4 Å². The summed E-state index contributed by atoms with van der Waals surface area (Å²) in [4.78, 5) is 10.9. The van der Waals surface area contributed by atoms with Gasteiger partial charge in [-0.2, -0.15) is 0 Å². The van der Waals surface area contributed by atoms with Crippen LogP contribution in [0.15, 0.2) is 48.5 Å². The van der Waals surface area contributed by atoms with Crippen LogP contribution >= 0.6 is 0 Å². The fourth-order valence-corrected chi connectivity index (χ4v) is 1.66. The summed E-state index contributed by atoms with van der Waals surface area (Å²) in [6, 6.07) is 15.5. The summed E-state index contributed by atoms with van der Waals surface area (Å²) in [5, 5.41) is 3.32. The third-order valence-electron chi connectivity index (χ3n) is 2.79. The first-order chi connectivity index (χ1) is 8.65. The number of nitrogens with two attached hydrogens (primary N) is 1. The maximum absolute atomic E-state index is 10.9. The predicted molar refractivity (Wildman–Crippen MR) is 73.5 cm³/mol. The molecule has 0 aliphatic rings. The molecule has 3 nitrogen and oxygen atoms in total. The zero-order valence-corrected chi connectivity index (χ0v) is 10.3. The summed E-state index contributed by atoms with van der Waals surface area (Å²) in [7, 11) is 0. The number of aryl methyl sites for hydroxylation is 1. The van der Waals surface area contributed by atoms with Crippen molar-refractivity contribution in [3.63, 3.8) is 0 Å². The van der Waals surface area contributed by atoms with E-state index in [1.165, 1.54) is 5.56 Å². The molecule has 0 aliphatic carbocycles. The van der Waals surface area contributed by atoms with Crippen molar-refractivity contribution in [3.05, 3.63) is 65.2 Å². The summed E-state index contributed by atoms with van der Waals surface area (Å²) < 4.78 is 0. The van der Waals surface area contributed by atoms with Crippen molar-refractivity contribution in [1.29, 1.82) is 0 Å². The van der Waals surface area contributed by atoms with E-state index in [9.17, 15) is 4.79 Å². The Bertz CT molecular complexity index is 529. The summed E-state index contributed by atoms with van der Waals surface area (Å²) in [6.07, 6.45) is 0. The maximum atomic E-state index is 10.9. The maximum Gasteiger partial charge on any atom is 0.248 e. The number of anilines is 1. The van der Waals surface area contributed by atoms with Crippen LogP contribution in [0.5, 0.6) is 0 Å². The van der Waals surface area contributed by atoms with Crippen LogP contribution in [-0.2, 0) is 6.54 Å². The average Bonchev–Trinajstić information content (AvgIpc) is 2.38. The minimum absolute atomic E-state index is 0.395. The monoisotopic (exact) mass is 240 g/mol. The van der Waals surface area contributed by atoms with Gasteiger partial charge in [-0.05, 0) is 36.8 Å². The lowest BCUT2D eigenvalue weighted by Gasteiger charge is -2.07. The van der Waals surface area contributed by atoms with E-state index in [0.717, 1.165) is 17.8 Å². The Labute approximate surface area is 107 Å². The Morgan fingerprint density at radius 3 is 2.22 bits per heavy atom. The van der Waals surface area contributed by atoms with Crippen LogP contribution in [0.1, 0.15) is 21.5 Å². The molecule has 0 atom stereocenters. The predicted octanol–water partition coefficient (Wildman–Crippen LogP) is 2.71. The molecule has 0 heterocycles. The first-order valence-electron chi connectivity index (χ1n) is 5.84. The zero-order chi connectivity index (χ0) is 13.0. The fraction of sp³-hybridized carbons (Fsp3) is 0.133. The number of primary amides is 1. The van der Waals surface area contributed by atoms with E-state index in [0.29, 0.717) is 5.56 Å². The number of benzene rings is 2. The number of rotatable bonds is 4. The highest BCUT2D eigenvalue weighted by molar-refractivity contribution is 5.92. The highest BCUT2D eigenvalue weighted by atomic mass is 16.1. The van der Waals surface area contributed by atoms with Crippen LogP contribution < -0.4 is 11.1 Å². The van der Waals surface area contributed by atoms with E-state index >= 15 is 0 Å². The smallest absolute Gasteiger partial charge is 0.248 e. The van der Waals surface area contributed by atoms with Crippen molar-refractivity contribution in [1.82, 2.24) is 0 Å². The minimum Gasteiger partial charge on any atom is -0.381 e. The fourth-order valence-electron chi connectivity index (χ4n) is 1.66. The molecule has 0 radical (unpaired) electrons. The molecular weight excluding hydrogens is 224 g/mol. The van der Waals surface area contributed by atoms with Gasteiger partial charge in [0.15, 0.2) is 0 Å². The Balaban J connectivity index is 1.97. The van der Waals surface area contributed by atoms with Gasteiger partial charge in [0.2, 0.25) is 5.91 Å². The van der Waals surface area contributed by atoms with Gasteiger partial charge in [-0.25, -0.2) is 0 Å². The normalized spacial score (nSPS) is 10.1. The highest BCUT2D eigenvalue weighted by Gasteiger charge is 1.99. The van der Waals surface area contributed by atoms with E-state index in [-0.39, 0.29) is 0 Å². The Kier molecular flexibility index (Phi) is 3.63. The first-order valence-corrected chi connectivity index (χ1v) is 5.84. The number of hydrogen-bond donors (Lipinski definition) is 2. The van der Waals surface area contributed by atoms with Gasteiger partial charge >= 0.3 is 0 Å². The highest BCUT2D eigenvalue weighted by Crippen LogP contribution is 2.11. The third-order valence-corrected chi connectivity index (χ3v) is 2.79. The van der Waals surface area contributed by atoms with Crippen LogP contribution in [0.4, 0.5) is 5.69 Å². The molecule has 2 aromatic carbocycles. The van der Waals surface area contributed by atoms with E-state index in [1.54, 1.807) is 12.1 Å². The zero-order valence-electron chi connectivity index (χ0n) is 10.3. The lowest BCUT2D eigenvalue weighted by Crippen LogP contribution is -2.10. The van der Waals surface area contributed by atoms with Gasteiger partial charge in [-0.15, -0.1) is 0 Å². The molecule has 3 heteroatoms. The Morgan fingerprint density at radius 1 is 1.06 bits per heavy atom. The molecule has 0 fully saturated rings. The molecule has 0 spiro atoms. The molecule has 2 aromatic rings. The van der Waals surface area contributed by atoms with Crippen LogP contribution in [0.2, 0.25) is 0 Å². The largest absolute Gasteiger partial charge is 0.381 e. The lowest BCUT2D eigenvalue weighted by atomic mass is 10.1. The quantitative estimate of drug-likeness (QED) is 0.863. The number of nitrogens with one attached hydrogen (secondary N) is 1.